The van der Waals surface area contributed by atoms with Crippen LogP contribution in [0.2, 0.25) is 0 Å². The zero-order valence-corrected chi connectivity index (χ0v) is 16.2. The lowest BCUT2D eigenvalue weighted by Gasteiger charge is -2.10. The average Bonchev–Trinajstić information content (AvgIpc) is 3.38. The molecule has 0 fully saturated rings. The van der Waals surface area contributed by atoms with E-state index in [4.69, 9.17) is 19.8 Å². The van der Waals surface area contributed by atoms with Crippen molar-refractivity contribution in [3.63, 3.8) is 0 Å². The van der Waals surface area contributed by atoms with Crippen molar-refractivity contribution in [1.82, 2.24) is 24.8 Å². The molecular formula is C21H15FN6O3. The Morgan fingerprint density at radius 1 is 1.00 bits per heavy atom. The number of hydrogen-bond acceptors (Lipinski definition) is 8. The zero-order chi connectivity index (χ0) is 21.4. The smallest absolute Gasteiger partial charge is 0.221 e. The molecule has 10 heteroatoms. The number of fused-ring (bicyclic) bond motifs is 1. The van der Waals surface area contributed by atoms with Crippen molar-refractivity contribution in [2.75, 3.05) is 12.8 Å². The number of aromatic nitrogens is 5. The van der Waals surface area contributed by atoms with E-state index in [0.717, 1.165) is 5.69 Å². The van der Waals surface area contributed by atoms with E-state index in [-0.39, 0.29) is 11.6 Å². The molecule has 0 spiro atoms. The second-order valence-corrected chi connectivity index (χ2v) is 6.53. The summed E-state index contributed by atoms with van der Waals surface area (Å²) >= 11 is 0. The van der Waals surface area contributed by atoms with Crippen LogP contribution in [0.4, 0.5) is 10.2 Å². The molecular weight excluding hydrogens is 403 g/mol. The quantitative estimate of drug-likeness (QED) is 0.456. The Bertz CT molecular complexity index is 1360. The summed E-state index contributed by atoms with van der Waals surface area (Å²) in [6.07, 6.45) is 1.57. The Hall–Kier alpha value is -4.47. The van der Waals surface area contributed by atoms with Gasteiger partial charge in [0.15, 0.2) is 17.3 Å². The SMILES string of the molecule is COc1ccc(-n2c(-c3nonc3N)nc3cnc(Oc4ccc(F)cc4)cc32)cc1. The number of rotatable bonds is 5. The minimum Gasteiger partial charge on any atom is -0.497 e. The van der Waals surface area contributed by atoms with Crippen LogP contribution < -0.4 is 15.2 Å². The third kappa shape index (κ3) is 3.39. The highest BCUT2D eigenvalue weighted by molar-refractivity contribution is 5.84. The molecule has 2 aromatic carbocycles. The number of halogens is 1. The van der Waals surface area contributed by atoms with Gasteiger partial charge in [0.1, 0.15) is 22.8 Å². The highest BCUT2D eigenvalue weighted by atomic mass is 19.1. The van der Waals surface area contributed by atoms with Gasteiger partial charge in [0, 0.05) is 11.8 Å². The molecule has 0 atom stereocenters. The molecule has 0 aliphatic rings. The lowest BCUT2D eigenvalue weighted by molar-refractivity contribution is 0.310. The molecule has 0 aliphatic heterocycles. The largest absolute Gasteiger partial charge is 0.497 e. The first-order valence-corrected chi connectivity index (χ1v) is 9.17. The van der Waals surface area contributed by atoms with Crippen LogP contribution in [-0.4, -0.2) is 32.0 Å². The number of methoxy groups -OCH3 is 1. The van der Waals surface area contributed by atoms with E-state index >= 15 is 0 Å². The molecule has 5 aromatic rings. The number of pyridine rings is 1. The van der Waals surface area contributed by atoms with Gasteiger partial charge in [-0.2, -0.15) is 0 Å². The van der Waals surface area contributed by atoms with Gasteiger partial charge >= 0.3 is 0 Å². The third-order valence-electron chi connectivity index (χ3n) is 4.61. The summed E-state index contributed by atoms with van der Waals surface area (Å²) in [5.41, 5.74) is 8.27. The predicted octanol–water partition coefficient (Wildman–Crippen LogP) is 3.99. The van der Waals surface area contributed by atoms with Crippen LogP contribution in [0.15, 0.2) is 65.4 Å². The van der Waals surface area contributed by atoms with Gasteiger partial charge in [0.2, 0.25) is 5.88 Å². The number of imidazole rings is 1. The molecule has 9 nitrogen and oxygen atoms in total. The molecule has 5 rings (SSSR count). The minimum absolute atomic E-state index is 0.112. The summed E-state index contributed by atoms with van der Waals surface area (Å²) in [5.74, 6) is 1.66. The molecule has 2 N–H and O–H groups in total. The van der Waals surface area contributed by atoms with Gasteiger partial charge in [-0.05, 0) is 58.8 Å². The van der Waals surface area contributed by atoms with Crippen LogP contribution in [0.3, 0.4) is 0 Å². The monoisotopic (exact) mass is 418 g/mol. The highest BCUT2D eigenvalue weighted by Gasteiger charge is 2.21. The van der Waals surface area contributed by atoms with Crippen molar-refractivity contribution in [2.24, 2.45) is 0 Å². The van der Waals surface area contributed by atoms with Crippen molar-refractivity contribution in [2.45, 2.75) is 0 Å². The van der Waals surface area contributed by atoms with E-state index in [9.17, 15) is 4.39 Å². The first-order chi connectivity index (χ1) is 15.1. The standard InChI is InChI=1S/C21H15FN6O3/c1-29-14-8-4-13(5-9-14)28-17-10-18(30-15-6-2-12(22)3-7-15)24-11-16(17)25-21(28)19-20(23)27-31-26-19/h2-11H,1H3,(H2,23,27). The number of anilines is 1. The molecule has 0 saturated heterocycles. The zero-order valence-electron chi connectivity index (χ0n) is 16.2. The molecule has 0 radical (unpaired) electrons. The van der Waals surface area contributed by atoms with Gasteiger partial charge in [0.05, 0.1) is 18.8 Å². The summed E-state index contributed by atoms with van der Waals surface area (Å²) < 4.78 is 30.8. The second-order valence-electron chi connectivity index (χ2n) is 6.53. The van der Waals surface area contributed by atoms with Crippen molar-refractivity contribution in [3.05, 3.63) is 66.6 Å². The summed E-state index contributed by atoms with van der Waals surface area (Å²) in [6.45, 7) is 0. The second kappa shape index (κ2) is 7.41. The highest BCUT2D eigenvalue weighted by Crippen LogP contribution is 2.32. The minimum atomic E-state index is -0.350. The Balaban J connectivity index is 1.67. The Morgan fingerprint density at radius 3 is 2.42 bits per heavy atom. The summed E-state index contributed by atoms with van der Waals surface area (Å²) in [5, 5.41) is 7.55. The maximum Gasteiger partial charge on any atom is 0.221 e. The topological polar surface area (TPSA) is 114 Å². The summed E-state index contributed by atoms with van der Waals surface area (Å²) in [6, 6.07) is 14.8. The number of nitrogens with zero attached hydrogens (tertiary/aromatic N) is 5. The van der Waals surface area contributed by atoms with Crippen molar-refractivity contribution in [1.29, 1.82) is 0 Å². The van der Waals surface area contributed by atoms with Gasteiger partial charge in [-0.25, -0.2) is 19.0 Å². The van der Waals surface area contributed by atoms with Crippen molar-refractivity contribution in [3.8, 4) is 34.6 Å². The van der Waals surface area contributed by atoms with E-state index in [1.807, 2.05) is 28.8 Å². The number of ether oxygens (including phenoxy) is 2. The molecule has 3 heterocycles. The molecule has 3 aromatic heterocycles. The van der Waals surface area contributed by atoms with E-state index in [0.29, 0.717) is 39.9 Å². The van der Waals surface area contributed by atoms with Gasteiger partial charge in [-0.15, -0.1) is 0 Å². The molecule has 0 aliphatic carbocycles. The van der Waals surface area contributed by atoms with Crippen LogP contribution in [0.1, 0.15) is 0 Å². The lowest BCUT2D eigenvalue weighted by Crippen LogP contribution is -2.00. The molecule has 0 saturated carbocycles. The number of nitrogen functional groups attached to an aromatic ring is 1. The van der Waals surface area contributed by atoms with Gasteiger partial charge in [-0.1, -0.05) is 0 Å². The molecule has 154 valence electrons. The van der Waals surface area contributed by atoms with Crippen molar-refractivity contribution >= 4 is 16.9 Å². The van der Waals surface area contributed by atoms with E-state index in [1.54, 1.807) is 19.4 Å². The first kappa shape index (κ1) is 18.6. The van der Waals surface area contributed by atoms with Crippen LogP contribution in [0.25, 0.3) is 28.2 Å². The first-order valence-electron chi connectivity index (χ1n) is 9.17. The number of nitrogens with two attached hydrogens (primary N) is 1. The van der Waals surface area contributed by atoms with Gasteiger partial charge in [0.25, 0.3) is 0 Å². The lowest BCUT2D eigenvalue weighted by atomic mass is 10.2. The Morgan fingerprint density at radius 2 is 1.74 bits per heavy atom. The molecule has 0 bridgehead atoms. The average molecular weight is 418 g/mol. The van der Waals surface area contributed by atoms with Crippen LogP contribution in [0, 0.1) is 5.82 Å². The fourth-order valence-electron chi connectivity index (χ4n) is 3.14. The predicted molar refractivity (Wildman–Crippen MR) is 110 cm³/mol. The van der Waals surface area contributed by atoms with Gasteiger partial charge in [-0.3, -0.25) is 4.57 Å². The van der Waals surface area contributed by atoms with Crippen LogP contribution in [0.5, 0.6) is 17.4 Å². The maximum absolute atomic E-state index is 13.2. The van der Waals surface area contributed by atoms with Gasteiger partial charge < -0.3 is 15.2 Å². The number of hydrogen-bond donors (Lipinski definition) is 1. The molecule has 31 heavy (non-hydrogen) atoms. The summed E-state index contributed by atoms with van der Waals surface area (Å²) in [4.78, 5) is 8.92. The van der Waals surface area contributed by atoms with E-state index < -0.39 is 0 Å². The fraction of sp³-hybridized carbons (Fsp3) is 0.0476. The molecule has 0 amide bonds. The summed E-state index contributed by atoms with van der Waals surface area (Å²) in [7, 11) is 1.60. The van der Waals surface area contributed by atoms with Crippen molar-refractivity contribution < 1.29 is 18.5 Å². The van der Waals surface area contributed by atoms with E-state index in [2.05, 4.69) is 20.3 Å². The number of benzene rings is 2. The normalized spacial score (nSPS) is 11.0. The van der Waals surface area contributed by atoms with Crippen LogP contribution in [-0.2, 0) is 0 Å². The molecule has 0 unspecified atom stereocenters. The fourth-order valence-corrected chi connectivity index (χ4v) is 3.14. The van der Waals surface area contributed by atoms with Crippen LogP contribution >= 0.6 is 0 Å². The van der Waals surface area contributed by atoms with E-state index in [1.165, 1.54) is 24.3 Å². The Labute approximate surface area is 174 Å². The maximum atomic E-state index is 13.2. The Kier molecular flexibility index (Phi) is 4.43. The third-order valence-corrected chi connectivity index (χ3v) is 4.61.